The predicted octanol–water partition coefficient (Wildman–Crippen LogP) is 16.4. The highest BCUT2D eigenvalue weighted by atomic mass is 16.6. The van der Waals surface area contributed by atoms with Gasteiger partial charge in [0.1, 0.15) is 60.8 Å². The normalized spacial score (nSPS) is 15.7. The van der Waals surface area contributed by atoms with Crippen LogP contribution in [-0.4, -0.2) is 44.6 Å². The van der Waals surface area contributed by atoms with Crippen LogP contribution in [0.15, 0.2) is 152 Å². The van der Waals surface area contributed by atoms with Crippen LogP contribution in [0.4, 0.5) is 0 Å². The molecule has 1 unspecified atom stereocenters. The second-order valence-electron chi connectivity index (χ2n) is 20.8. The van der Waals surface area contributed by atoms with Gasteiger partial charge in [-0.25, -0.2) is 0 Å². The van der Waals surface area contributed by atoms with Crippen molar-refractivity contribution >= 4 is 11.9 Å². The van der Waals surface area contributed by atoms with Gasteiger partial charge in [0.05, 0.1) is 0 Å². The monoisotopic (exact) mass is 1130 g/mol. The van der Waals surface area contributed by atoms with Crippen molar-refractivity contribution in [3.8, 4) is 51.7 Å². The van der Waals surface area contributed by atoms with Gasteiger partial charge < -0.3 is 53.6 Å². The number of ether oxygens (including phenoxy) is 7. The summed E-state index contributed by atoms with van der Waals surface area (Å²) in [6.07, 6.45) is 9.01. The molecule has 0 saturated heterocycles. The van der Waals surface area contributed by atoms with Gasteiger partial charge in [-0.1, -0.05) is 182 Å². The number of phenolic OH excluding ortho intramolecular Hbond substituents is 4. The zero-order valence-electron chi connectivity index (χ0n) is 48.7. The van der Waals surface area contributed by atoms with Gasteiger partial charge in [-0.15, -0.1) is 0 Å². The maximum Gasteiger partial charge on any atom is 0.306 e. The van der Waals surface area contributed by atoms with Crippen LogP contribution < -0.4 is 23.7 Å². The van der Waals surface area contributed by atoms with Crippen molar-refractivity contribution in [1.29, 1.82) is 0 Å². The Kier molecular flexibility index (Phi) is 24.3. The van der Waals surface area contributed by atoms with Crippen molar-refractivity contribution in [2.45, 2.75) is 169 Å². The quantitative estimate of drug-likeness (QED) is 0.0241. The van der Waals surface area contributed by atoms with Gasteiger partial charge in [0.15, 0.2) is 35.2 Å². The molecule has 0 aliphatic carbocycles. The third-order valence-electron chi connectivity index (χ3n) is 14.3. The first kappa shape index (κ1) is 62.3. The Morgan fingerprint density at radius 2 is 0.928 bits per heavy atom. The van der Waals surface area contributed by atoms with Gasteiger partial charge in [-0.3, -0.25) is 9.59 Å². The molecule has 13 heteroatoms. The van der Waals surface area contributed by atoms with E-state index in [1.807, 2.05) is 142 Å². The molecule has 0 spiro atoms. The van der Waals surface area contributed by atoms with E-state index in [-0.39, 0.29) is 48.5 Å². The molecule has 2 aliphatic heterocycles. The van der Waals surface area contributed by atoms with Crippen LogP contribution in [0.2, 0.25) is 0 Å². The number of esters is 2. The molecule has 0 bridgehead atoms. The Morgan fingerprint density at radius 1 is 0.470 bits per heavy atom. The first-order chi connectivity index (χ1) is 40.4. The number of hydrogen-bond donors (Lipinski definition) is 4. The van der Waals surface area contributed by atoms with Crippen LogP contribution in [0.25, 0.3) is 0 Å². The van der Waals surface area contributed by atoms with Crippen molar-refractivity contribution in [2.24, 2.45) is 0 Å². The standard InChI is InChI=1S/C45H48O6.C23H28O7.C2H6.H2/c1-3-4-5-6-16-23-44(46)50-43-29-38-40(48-31-35-19-12-8-13-20-35)26-33(2)27-41(38)51-45(43)37-24-25-39(47-30-34-17-10-7-11-18-34)42(28-37)49-32-36-21-14-9-15-22-36;1-2-3-4-5-6-7-22(28)29-21-13-16-18(26)11-15(24)12-20(16)30-23(21)14-8-9-17(25)19(27)10-14;1-2;/h7-15,17-22,24-28,43,45H,3-6,16,23,29-32H2,1-2H3;8-12,21,23-27H,2-7,13H2,1H3;1-2H3;1H/t43-,45-;21-,23?;;/m11../s1. The van der Waals surface area contributed by atoms with E-state index in [1.165, 1.54) is 30.7 Å². The van der Waals surface area contributed by atoms with E-state index < -0.39 is 24.4 Å². The summed E-state index contributed by atoms with van der Waals surface area (Å²) in [4.78, 5) is 25.8. The molecule has 83 heavy (non-hydrogen) atoms. The van der Waals surface area contributed by atoms with Gasteiger partial charge in [0, 0.05) is 61.5 Å². The van der Waals surface area contributed by atoms with E-state index >= 15 is 0 Å². The van der Waals surface area contributed by atoms with E-state index in [0.717, 1.165) is 103 Å². The van der Waals surface area contributed by atoms with E-state index in [4.69, 9.17) is 33.2 Å². The van der Waals surface area contributed by atoms with Crippen LogP contribution in [0.5, 0.6) is 51.7 Å². The molecule has 4 N–H and O–H groups in total. The number of phenols is 4. The van der Waals surface area contributed by atoms with Gasteiger partial charge >= 0.3 is 11.9 Å². The maximum absolute atomic E-state index is 13.3. The smallest absolute Gasteiger partial charge is 0.306 e. The van der Waals surface area contributed by atoms with Crippen molar-refractivity contribution < 1.29 is 64.6 Å². The van der Waals surface area contributed by atoms with Gasteiger partial charge in [-0.2, -0.15) is 0 Å². The Morgan fingerprint density at radius 3 is 1.45 bits per heavy atom. The molecule has 2 aliphatic rings. The molecular formula is C70H84O13. The summed E-state index contributed by atoms with van der Waals surface area (Å²) in [6, 6.07) is 47.0. The van der Waals surface area contributed by atoms with E-state index in [0.29, 0.717) is 61.7 Å². The lowest BCUT2D eigenvalue weighted by Gasteiger charge is -2.35. The number of rotatable bonds is 25. The van der Waals surface area contributed by atoms with Gasteiger partial charge in [0.2, 0.25) is 0 Å². The van der Waals surface area contributed by atoms with Crippen molar-refractivity contribution in [2.75, 3.05) is 0 Å². The minimum atomic E-state index is -0.769. The Labute approximate surface area is 491 Å². The average molecular weight is 1130 g/mol. The number of unbranched alkanes of at least 4 members (excludes halogenated alkanes) is 8. The van der Waals surface area contributed by atoms with Crippen molar-refractivity contribution in [3.05, 3.63) is 196 Å². The zero-order chi connectivity index (χ0) is 58.9. The summed E-state index contributed by atoms with van der Waals surface area (Å²) >= 11 is 0. The molecule has 7 aromatic carbocycles. The summed E-state index contributed by atoms with van der Waals surface area (Å²) in [7, 11) is 0. The van der Waals surface area contributed by atoms with Crippen molar-refractivity contribution in [3.63, 3.8) is 0 Å². The molecule has 442 valence electrons. The second-order valence-corrected chi connectivity index (χ2v) is 20.8. The summed E-state index contributed by atoms with van der Waals surface area (Å²) in [5.41, 5.74) is 6.88. The molecule has 0 amide bonds. The largest absolute Gasteiger partial charge is 0.508 e. The fourth-order valence-corrected chi connectivity index (χ4v) is 9.99. The highest BCUT2D eigenvalue weighted by Crippen LogP contribution is 2.46. The average Bonchev–Trinajstić information content (AvgIpc) is 2.83. The third kappa shape index (κ3) is 18.6. The lowest BCUT2D eigenvalue weighted by Crippen LogP contribution is -2.35. The van der Waals surface area contributed by atoms with Crippen LogP contribution in [0.1, 0.15) is 163 Å². The zero-order valence-corrected chi connectivity index (χ0v) is 48.7. The molecule has 0 fully saturated rings. The molecule has 2 heterocycles. The minimum Gasteiger partial charge on any atom is -0.508 e. The molecule has 0 aromatic heterocycles. The molecule has 9 rings (SSSR count). The first-order valence-corrected chi connectivity index (χ1v) is 29.5. The first-order valence-electron chi connectivity index (χ1n) is 29.5. The fraction of sp³-hybridized carbons (Fsp3) is 0.371. The highest BCUT2D eigenvalue weighted by Gasteiger charge is 2.38. The number of carbonyl (C=O) groups is 2. The van der Waals surface area contributed by atoms with Gasteiger partial charge in [-0.05, 0) is 78.4 Å². The topological polar surface area (TPSA) is 180 Å². The molecule has 0 radical (unpaired) electrons. The number of benzene rings is 7. The second kappa shape index (κ2) is 32.4. The fourth-order valence-electron chi connectivity index (χ4n) is 9.99. The number of hydrogen-bond acceptors (Lipinski definition) is 13. The van der Waals surface area contributed by atoms with E-state index in [1.54, 1.807) is 6.07 Å². The van der Waals surface area contributed by atoms with E-state index in [9.17, 15) is 30.0 Å². The maximum atomic E-state index is 13.3. The number of carbonyl (C=O) groups excluding carboxylic acids is 2. The summed E-state index contributed by atoms with van der Waals surface area (Å²) in [5, 5.41) is 39.5. The number of aromatic hydroxyl groups is 4. The lowest BCUT2D eigenvalue weighted by molar-refractivity contribution is -0.156. The predicted molar refractivity (Wildman–Crippen MR) is 324 cm³/mol. The lowest BCUT2D eigenvalue weighted by atomic mass is 9.92. The van der Waals surface area contributed by atoms with Crippen LogP contribution in [0, 0.1) is 6.92 Å². The van der Waals surface area contributed by atoms with E-state index in [2.05, 4.69) is 13.8 Å². The number of aryl methyl sites for hydroxylation is 1. The van der Waals surface area contributed by atoms with Crippen LogP contribution >= 0.6 is 0 Å². The third-order valence-corrected chi connectivity index (χ3v) is 14.3. The molecule has 0 saturated carbocycles. The highest BCUT2D eigenvalue weighted by molar-refractivity contribution is 5.70. The molecular weight excluding hydrogens is 1050 g/mol. The SMILES string of the molecule is CC.CCCCCCCC(=O)O[C@@H]1Cc2c(O)cc(O)cc2OC1c1ccc(O)c(O)c1.CCCCCCCC(=O)O[C@@H]1Cc2c(OCc3ccccc3)cc(C)cc2O[C@@H]1c1ccc(OCc2ccccc2)c(OCc2ccccc2)c1.[HH]. The van der Waals surface area contributed by atoms with Crippen LogP contribution in [0.3, 0.4) is 0 Å². The minimum absolute atomic E-state index is 0. The summed E-state index contributed by atoms with van der Waals surface area (Å²) in [5.74, 6) is 1.52. The van der Waals surface area contributed by atoms with Crippen molar-refractivity contribution in [1.82, 2.24) is 0 Å². The Hall–Kier alpha value is -8.32. The molecule has 13 nitrogen and oxygen atoms in total. The summed E-state index contributed by atoms with van der Waals surface area (Å²) in [6.45, 7) is 11.6. The summed E-state index contributed by atoms with van der Waals surface area (Å²) < 4.78 is 43.8. The molecule has 7 aromatic rings. The molecule has 4 atom stereocenters. The Bertz CT molecular complexity index is 3120. The van der Waals surface area contributed by atoms with Gasteiger partial charge in [0.25, 0.3) is 0 Å². The van der Waals surface area contributed by atoms with Crippen LogP contribution in [-0.2, 0) is 51.7 Å². The Balaban J connectivity index is 0.000000293. The number of fused-ring (bicyclic) bond motifs is 2.